The van der Waals surface area contributed by atoms with E-state index in [4.69, 9.17) is 32.0 Å². The standard InChI is InChI=1S/C29H27ClN4O3/c1-2-14-34-16-20(17-34)36-19-12-10-18(11-13-19)28(35)26-27(22-6-3-4-8-24(22)30)33-37-29(26)21-7-5-9-25(32)23(21)15-31/h3-13,15,20,31H,2,14,16-17,32H2,1H3. The number of carbonyl (C=O) groups is 1. The molecule has 0 bridgehead atoms. The van der Waals surface area contributed by atoms with Crippen LogP contribution in [0, 0.1) is 5.41 Å². The Bertz CT molecular complexity index is 1440. The number of nitrogens with zero attached hydrogens (tertiary/aromatic N) is 2. The number of ketones is 1. The molecule has 1 aliphatic heterocycles. The van der Waals surface area contributed by atoms with Crippen molar-refractivity contribution in [2.45, 2.75) is 19.4 Å². The van der Waals surface area contributed by atoms with Crippen molar-refractivity contribution in [1.29, 1.82) is 5.41 Å². The van der Waals surface area contributed by atoms with E-state index in [0.29, 0.717) is 38.7 Å². The van der Waals surface area contributed by atoms with E-state index in [0.717, 1.165) is 38.0 Å². The summed E-state index contributed by atoms with van der Waals surface area (Å²) < 4.78 is 11.8. The minimum atomic E-state index is -0.283. The van der Waals surface area contributed by atoms with Gasteiger partial charge in [-0.1, -0.05) is 54.0 Å². The first-order valence-electron chi connectivity index (χ1n) is 12.2. The summed E-state index contributed by atoms with van der Waals surface area (Å²) in [7, 11) is 0. The van der Waals surface area contributed by atoms with Gasteiger partial charge in [0.15, 0.2) is 11.5 Å². The Morgan fingerprint density at radius 1 is 1.14 bits per heavy atom. The molecule has 0 spiro atoms. The summed E-state index contributed by atoms with van der Waals surface area (Å²) >= 11 is 6.47. The largest absolute Gasteiger partial charge is 0.488 e. The van der Waals surface area contributed by atoms with Gasteiger partial charge in [-0.2, -0.15) is 0 Å². The molecule has 1 aromatic heterocycles. The summed E-state index contributed by atoms with van der Waals surface area (Å²) in [5, 5.41) is 12.6. The molecule has 37 heavy (non-hydrogen) atoms. The molecule has 1 aliphatic rings. The number of nitrogens with one attached hydrogen (secondary N) is 1. The van der Waals surface area contributed by atoms with Crippen LogP contribution >= 0.6 is 11.6 Å². The van der Waals surface area contributed by atoms with Gasteiger partial charge >= 0.3 is 0 Å². The Labute approximate surface area is 220 Å². The van der Waals surface area contributed by atoms with E-state index in [-0.39, 0.29) is 23.2 Å². The molecule has 8 heteroatoms. The molecule has 2 heterocycles. The predicted octanol–water partition coefficient (Wildman–Crippen LogP) is 5.95. The van der Waals surface area contributed by atoms with Gasteiger partial charge < -0.3 is 20.4 Å². The molecule has 0 atom stereocenters. The first kappa shape index (κ1) is 24.7. The average Bonchev–Trinajstić information content (AvgIpc) is 3.32. The lowest BCUT2D eigenvalue weighted by molar-refractivity contribution is 0.0202. The van der Waals surface area contributed by atoms with Crippen LogP contribution < -0.4 is 10.5 Å². The van der Waals surface area contributed by atoms with Gasteiger partial charge in [0, 0.05) is 47.2 Å². The van der Waals surface area contributed by atoms with Crippen molar-refractivity contribution in [3.8, 4) is 28.3 Å². The number of halogens is 1. The zero-order chi connectivity index (χ0) is 25.9. The molecule has 0 unspecified atom stereocenters. The van der Waals surface area contributed by atoms with Crippen LogP contribution in [0.25, 0.3) is 22.6 Å². The van der Waals surface area contributed by atoms with Crippen LogP contribution in [-0.4, -0.2) is 47.8 Å². The van der Waals surface area contributed by atoms with Crippen LogP contribution in [0.4, 0.5) is 5.69 Å². The second kappa shape index (κ2) is 10.6. The number of benzene rings is 3. The maximum absolute atomic E-state index is 13.9. The van der Waals surface area contributed by atoms with E-state index < -0.39 is 0 Å². The summed E-state index contributed by atoms with van der Waals surface area (Å²) in [6.07, 6.45) is 2.43. The third-order valence-corrected chi connectivity index (χ3v) is 6.79. The third kappa shape index (κ3) is 4.88. The highest BCUT2D eigenvalue weighted by Gasteiger charge is 2.30. The number of ether oxygens (including phenoxy) is 1. The van der Waals surface area contributed by atoms with E-state index in [1.165, 1.54) is 0 Å². The number of aromatic nitrogens is 1. The molecule has 7 nitrogen and oxygen atoms in total. The SMILES string of the molecule is CCCN1CC(Oc2ccc(C(=O)c3c(-c4ccccc4Cl)noc3-c3cccc(N)c3C=N)cc2)C1. The quantitative estimate of drug-likeness (QED) is 0.162. The van der Waals surface area contributed by atoms with Gasteiger partial charge in [-0.25, -0.2) is 0 Å². The van der Waals surface area contributed by atoms with Crippen molar-refractivity contribution in [2.24, 2.45) is 0 Å². The Kier molecular flexibility index (Phi) is 7.08. The van der Waals surface area contributed by atoms with Gasteiger partial charge in [0.2, 0.25) is 0 Å². The second-order valence-corrected chi connectivity index (χ2v) is 9.43. The van der Waals surface area contributed by atoms with Gasteiger partial charge in [-0.15, -0.1) is 0 Å². The van der Waals surface area contributed by atoms with Crippen LogP contribution in [0.3, 0.4) is 0 Å². The molecule has 1 fully saturated rings. The van der Waals surface area contributed by atoms with Crippen LogP contribution in [0.1, 0.15) is 34.8 Å². The van der Waals surface area contributed by atoms with E-state index >= 15 is 0 Å². The smallest absolute Gasteiger partial charge is 0.199 e. The van der Waals surface area contributed by atoms with E-state index in [1.54, 1.807) is 42.5 Å². The van der Waals surface area contributed by atoms with E-state index in [2.05, 4.69) is 17.0 Å². The molecule has 1 saturated heterocycles. The lowest BCUT2D eigenvalue weighted by Crippen LogP contribution is -2.53. The minimum Gasteiger partial charge on any atom is -0.488 e. The van der Waals surface area contributed by atoms with Crippen molar-refractivity contribution in [3.63, 3.8) is 0 Å². The Morgan fingerprint density at radius 2 is 1.86 bits per heavy atom. The Hall–Kier alpha value is -3.94. The average molecular weight is 515 g/mol. The molecule has 4 aromatic rings. The van der Waals surface area contributed by atoms with E-state index in [9.17, 15) is 4.79 Å². The number of anilines is 1. The Morgan fingerprint density at radius 3 is 2.57 bits per heavy atom. The van der Waals surface area contributed by atoms with Crippen LogP contribution in [-0.2, 0) is 0 Å². The fourth-order valence-electron chi connectivity index (χ4n) is 4.58. The summed E-state index contributed by atoms with van der Waals surface area (Å²) in [4.78, 5) is 16.3. The molecular weight excluding hydrogens is 488 g/mol. The molecule has 0 aliphatic carbocycles. The minimum absolute atomic E-state index is 0.160. The highest BCUT2D eigenvalue weighted by atomic mass is 35.5. The fourth-order valence-corrected chi connectivity index (χ4v) is 4.81. The summed E-state index contributed by atoms with van der Waals surface area (Å²) in [5.41, 5.74) is 9.07. The van der Waals surface area contributed by atoms with Gasteiger partial charge in [-0.3, -0.25) is 9.69 Å². The molecule has 5 rings (SSSR count). The monoisotopic (exact) mass is 514 g/mol. The maximum atomic E-state index is 13.9. The Balaban J connectivity index is 1.51. The molecular formula is C29H27ClN4O3. The van der Waals surface area contributed by atoms with Crippen molar-refractivity contribution in [1.82, 2.24) is 10.1 Å². The zero-order valence-electron chi connectivity index (χ0n) is 20.4. The molecule has 0 saturated carbocycles. The number of hydrogen-bond acceptors (Lipinski definition) is 7. The predicted molar refractivity (Wildman–Crippen MR) is 146 cm³/mol. The number of rotatable bonds is 9. The van der Waals surface area contributed by atoms with Crippen molar-refractivity contribution in [3.05, 3.63) is 88.4 Å². The van der Waals surface area contributed by atoms with Gasteiger partial charge in [-0.05, 0) is 49.4 Å². The number of carbonyl (C=O) groups excluding carboxylic acids is 1. The molecule has 0 amide bonds. The van der Waals surface area contributed by atoms with Gasteiger partial charge in [0.25, 0.3) is 0 Å². The first-order valence-corrected chi connectivity index (χ1v) is 12.6. The van der Waals surface area contributed by atoms with Crippen molar-refractivity contribution >= 4 is 29.3 Å². The highest BCUT2D eigenvalue weighted by molar-refractivity contribution is 6.33. The summed E-state index contributed by atoms with van der Waals surface area (Å²) in [5.74, 6) is 0.668. The topological polar surface area (TPSA) is 105 Å². The van der Waals surface area contributed by atoms with Crippen LogP contribution in [0.5, 0.6) is 5.75 Å². The molecule has 3 aromatic carbocycles. The number of likely N-dealkylation sites (tertiary alicyclic amines) is 1. The molecule has 3 N–H and O–H groups in total. The molecule has 188 valence electrons. The fraction of sp³-hybridized carbons (Fsp3) is 0.207. The zero-order valence-corrected chi connectivity index (χ0v) is 21.2. The summed E-state index contributed by atoms with van der Waals surface area (Å²) in [6.45, 7) is 5.07. The molecule has 0 radical (unpaired) electrons. The lowest BCUT2D eigenvalue weighted by Gasteiger charge is -2.38. The van der Waals surface area contributed by atoms with Crippen molar-refractivity contribution < 1.29 is 14.1 Å². The number of nitrogen functional groups attached to an aromatic ring is 1. The van der Waals surface area contributed by atoms with E-state index in [1.807, 2.05) is 24.3 Å². The van der Waals surface area contributed by atoms with Gasteiger partial charge in [0.1, 0.15) is 17.5 Å². The lowest BCUT2D eigenvalue weighted by atomic mass is 9.93. The second-order valence-electron chi connectivity index (χ2n) is 9.02. The normalized spacial score (nSPS) is 13.8. The van der Waals surface area contributed by atoms with Crippen LogP contribution in [0.15, 0.2) is 71.3 Å². The van der Waals surface area contributed by atoms with Crippen LogP contribution in [0.2, 0.25) is 5.02 Å². The third-order valence-electron chi connectivity index (χ3n) is 6.46. The van der Waals surface area contributed by atoms with Crippen molar-refractivity contribution in [2.75, 3.05) is 25.4 Å². The number of nitrogens with two attached hydrogens (primary N) is 1. The van der Waals surface area contributed by atoms with Gasteiger partial charge in [0.05, 0.1) is 10.6 Å². The summed E-state index contributed by atoms with van der Waals surface area (Å²) in [6, 6.07) is 19.4. The highest BCUT2D eigenvalue weighted by Crippen LogP contribution is 2.38. The number of hydrogen-bond donors (Lipinski definition) is 2. The first-order chi connectivity index (χ1) is 18.0. The maximum Gasteiger partial charge on any atom is 0.199 e.